The van der Waals surface area contributed by atoms with Gasteiger partial charge in [-0.2, -0.15) is 0 Å². The molecule has 2 aromatic carbocycles. The Kier molecular flexibility index (Phi) is 5.00. The standard InChI is InChI=1S/C19H23NS/c1-20-14-12-18(13-15-20)21-19(16-8-4-2-5-9-16)17-10-6-3-7-11-17/h2-11,18-19H,12-15H2,1H3. The Balaban J connectivity index is 1.80. The number of likely N-dealkylation sites (tertiary alicyclic amines) is 1. The van der Waals surface area contributed by atoms with Crippen LogP contribution < -0.4 is 0 Å². The predicted molar refractivity (Wildman–Crippen MR) is 92.8 cm³/mol. The van der Waals surface area contributed by atoms with E-state index in [0.717, 1.165) is 5.25 Å². The first-order chi connectivity index (χ1) is 10.3. The molecule has 1 aliphatic heterocycles. The van der Waals surface area contributed by atoms with Crippen LogP contribution in [0.1, 0.15) is 29.2 Å². The number of hydrogen-bond donors (Lipinski definition) is 0. The molecular weight excluding hydrogens is 274 g/mol. The van der Waals surface area contributed by atoms with Crippen LogP contribution in [0.5, 0.6) is 0 Å². The second kappa shape index (κ2) is 7.15. The van der Waals surface area contributed by atoms with Gasteiger partial charge in [0.05, 0.1) is 5.25 Å². The van der Waals surface area contributed by atoms with Gasteiger partial charge in [0.25, 0.3) is 0 Å². The molecule has 110 valence electrons. The van der Waals surface area contributed by atoms with Crippen LogP contribution in [-0.4, -0.2) is 30.3 Å². The lowest BCUT2D eigenvalue weighted by Crippen LogP contribution is -2.31. The van der Waals surface area contributed by atoms with Crippen molar-refractivity contribution in [1.82, 2.24) is 4.90 Å². The lowest BCUT2D eigenvalue weighted by molar-refractivity contribution is 0.282. The van der Waals surface area contributed by atoms with E-state index in [1.54, 1.807) is 0 Å². The zero-order chi connectivity index (χ0) is 14.5. The van der Waals surface area contributed by atoms with E-state index in [4.69, 9.17) is 0 Å². The third kappa shape index (κ3) is 3.90. The summed E-state index contributed by atoms with van der Waals surface area (Å²) < 4.78 is 0. The molecule has 0 spiro atoms. The molecule has 1 saturated heterocycles. The molecular formula is C19H23NS. The molecule has 0 aromatic heterocycles. The topological polar surface area (TPSA) is 3.24 Å². The van der Waals surface area contributed by atoms with Crippen LogP contribution in [0, 0.1) is 0 Å². The summed E-state index contributed by atoms with van der Waals surface area (Å²) in [7, 11) is 2.23. The average Bonchev–Trinajstić information content (AvgIpc) is 2.56. The first-order valence-corrected chi connectivity index (χ1v) is 8.71. The molecule has 2 aromatic rings. The summed E-state index contributed by atoms with van der Waals surface area (Å²) in [6.45, 7) is 2.46. The molecule has 0 unspecified atom stereocenters. The lowest BCUT2D eigenvalue weighted by atomic mass is 10.0. The molecule has 0 bridgehead atoms. The summed E-state index contributed by atoms with van der Waals surface area (Å²) >= 11 is 2.15. The largest absolute Gasteiger partial charge is 0.306 e. The number of piperidine rings is 1. The summed E-state index contributed by atoms with van der Waals surface area (Å²) in [5, 5.41) is 1.23. The molecule has 0 amide bonds. The third-order valence-corrected chi connectivity index (χ3v) is 5.87. The number of nitrogens with zero attached hydrogens (tertiary/aromatic N) is 1. The van der Waals surface area contributed by atoms with E-state index >= 15 is 0 Å². The Bertz CT molecular complexity index is 493. The van der Waals surface area contributed by atoms with Crippen LogP contribution in [0.25, 0.3) is 0 Å². The quantitative estimate of drug-likeness (QED) is 0.811. The van der Waals surface area contributed by atoms with Crippen molar-refractivity contribution in [2.24, 2.45) is 0 Å². The molecule has 0 N–H and O–H groups in total. The van der Waals surface area contributed by atoms with E-state index in [2.05, 4.69) is 84.4 Å². The van der Waals surface area contributed by atoms with E-state index in [1.807, 2.05) is 0 Å². The van der Waals surface area contributed by atoms with Crippen molar-refractivity contribution in [1.29, 1.82) is 0 Å². The first-order valence-electron chi connectivity index (χ1n) is 7.77. The van der Waals surface area contributed by atoms with Gasteiger partial charge in [0.1, 0.15) is 0 Å². The van der Waals surface area contributed by atoms with Gasteiger partial charge in [-0.15, -0.1) is 11.8 Å². The highest BCUT2D eigenvalue weighted by atomic mass is 32.2. The van der Waals surface area contributed by atoms with E-state index in [0.29, 0.717) is 5.25 Å². The average molecular weight is 297 g/mol. The van der Waals surface area contributed by atoms with Crippen LogP contribution in [0.3, 0.4) is 0 Å². The van der Waals surface area contributed by atoms with Gasteiger partial charge in [-0.3, -0.25) is 0 Å². The molecule has 3 rings (SSSR count). The van der Waals surface area contributed by atoms with Crippen molar-refractivity contribution in [2.45, 2.75) is 23.3 Å². The van der Waals surface area contributed by atoms with E-state index < -0.39 is 0 Å². The van der Waals surface area contributed by atoms with Gasteiger partial charge in [0.15, 0.2) is 0 Å². The van der Waals surface area contributed by atoms with Gasteiger partial charge in [0.2, 0.25) is 0 Å². The highest BCUT2D eigenvalue weighted by molar-refractivity contribution is 8.00. The first kappa shape index (κ1) is 14.7. The highest BCUT2D eigenvalue weighted by Crippen LogP contribution is 2.40. The number of thioether (sulfide) groups is 1. The summed E-state index contributed by atoms with van der Waals surface area (Å²) in [6, 6.07) is 21.9. The fourth-order valence-electron chi connectivity index (χ4n) is 2.92. The molecule has 1 fully saturated rings. The Morgan fingerprint density at radius 1 is 0.857 bits per heavy atom. The normalized spacial score (nSPS) is 17.2. The van der Waals surface area contributed by atoms with Crippen molar-refractivity contribution < 1.29 is 0 Å². The van der Waals surface area contributed by atoms with Crippen molar-refractivity contribution in [3.05, 3.63) is 71.8 Å². The van der Waals surface area contributed by atoms with Crippen LogP contribution in [-0.2, 0) is 0 Å². The van der Waals surface area contributed by atoms with Crippen LogP contribution >= 0.6 is 11.8 Å². The van der Waals surface area contributed by atoms with Crippen LogP contribution in [0.15, 0.2) is 60.7 Å². The molecule has 0 atom stereocenters. The van der Waals surface area contributed by atoms with Crippen molar-refractivity contribution in [3.63, 3.8) is 0 Å². The summed E-state index contributed by atoms with van der Waals surface area (Å²) in [5.74, 6) is 0. The minimum Gasteiger partial charge on any atom is -0.306 e. The second-order valence-electron chi connectivity index (χ2n) is 5.84. The van der Waals surface area contributed by atoms with E-state index in [9.17, 15) is 0 Å². The molecule has 0 radical (unpaired) electrons. The van der Waals surface area contributed by atoms with Gasteiger partial charge in [-0.25, -0.2) is 0 Å². The monoisotopic (exact) mass is 297 g/mol. The number of hydrogen-bond acceptors (Lipinski definition) is 2. The van der Waals surface area contributed by atoms with Crippen molar-refractivity contribution in [2.75, 3.05) is 20.1 Å². The molecule has 1 aliphatic rings. The fraction of sp³-hybridized carbons (Fsp3) is 0.368. The highest BCUT2D eigenvalue weighted by Gasteiger charge is 2.23. The zero-order valence-corrected chi connectivity index (χ0v) is 13.4. The summed E-state index contributed by atoms with van der Waals surface area (Å²) in [5.41, 5.74) is 2.85. The number of rotatable bonds is 4. The lowest BCUT2D eigenvalue weighted by Gasteiger charge is -2.31. The van der Waals surface area contributed by atoms with E-state index in [1.165, 1.54) is 37.1 Å². The van der Waals surface area contributed by atoms with Crippen molar-refractivity contribution >= 4 is 11.8 Å². The Morgan fingerprint density at radius 2 is 1.33 bits per heavy atom. The predicted octanol–water partition coefficient (Wildman–Crippen LogP) is 4.60. The maximum absolute atomic E-state index is 2.44. The van der Waals surface area contributed by atoms with Crippen molar-refractivity contribution in [3.8, 4) is 0 Å². The van der Waals surface area contributed by atoms with Gasteiger partial charge < -0.3 is 4.90 Å². The Hall–Kier alpha value is -1.25. The third-order valence-electron chi connectivity index (χ3n) is 4.20. The Labute approximate surface area is 132 Å². The number of benzene rings is 2. The van der Waals surface area contributed by atoms with E-state index in [-0.39, 0.29) is 0 Å². The fourth-order valence-corrected chi connectivity index (χ4v) is 4.42. The zero-order valence-electron chi connectivity index (χ0n) is 12.6. The summed E-state index contributed by atoms with van der Waals surface area (Å²) in [6.07, 6.45) is 2.61. The molecule has 0 aliphatic carbocycles. The molecule has 1 heterocycles. The summed E-state index contributed by atoms with van der Waals surface area (Å²) in [4.78, 5) is 2.44. The second-order valence-corrected chi connectivity index (χ2v) is 7.25. The smallest absolute Gasteiger partial charge is 0.0549 e. The molecule has 21 heavy (non-hydrogen) atoms. The maximum atomic E-state index is 2.44. The minimum atomic E-state index is 0.459. The van der Waals surface area contributed by atoms with Gasteiger partial charge in [0, 0.05) is 5.25 Å². The Morgan fingerprint density at radius 3 is 1.81 bits per heavy atom. The maximum Gasteiger partial charge on any atom is 0.0549 e. The van der Waals surface area contributed by atoms with Crippen LogP contribution in [0.4, 0.5) is 0 Å². The van der Waals surface area contributed by atoms with Gasteiger partial charge >= 0.3 is 0 Å². The molecule has 1 nitrogen and oxygen atoms in total. The van der Waals surface area contributed by atoms with Gasteiger partial charge in [-0.05, 0) is 44.1 Å². The SMILES string of the molecule is CN1CCC(SC(c2ccccc2)c2ccccc2)CC1. The molecule has 0 saturated carbocycles. The van der Waals surface area contributed by atoms with Gasteiger partial charge in [-0.1, -0.05) is 60.7 Å². The van der Waals surface area contributed by atoms with Crippen LogP contribution in [0.2, 0.25) is 0 Å². The minimum absolute atomic E-state index is 0.459. The molecule has 2 heteroatoms.